The summed E-state index contributed by atoms with van der Waals surface area (Å²) in [4.78, 5) is 96.0. The van der Waals surface area contributed by atoms with Crippen LogP contribution in [0.1, 0.15) is 79.3 Å². The molecular formula is C38H53F3N6O8. The van der Waals surface area contributed by atoms with E-state index in [1.165, 1.54) is 23.9 Å². The molecule has 55 heavy (non-hydrogen) atoms. The smallest absolute Gasteiger partial charge is 0.427 e. The molecule has 0 radical (unpaired) electrons. The number of carbonyl (C=O) groups excluding carboxylic acids is 7. The summed E-state index contributed by atoms with van der Waals surface area (Å²) in [6.07, 6.45) is -4.65. The number of alkyl halides is 3. The first-order chi connectivity index (χ1) is 25.3. The van der Waals surface area contributed by atoms with Crippen LogP contribution in [0.2, 0.25) is 0 Å². The molecule has 0 aromatic heterocycles. The Hall–Kier alpha value is -4.70. The number of likely N-dealkylation sites (N-methyl/N-ethyl adjacent to an activating group) is 1. The highest BCUT2D eigenvalue weighted by Gasteiger charge is 2.70. The van der Waals surface area contributed by atoms with Crippen molar-refractivity contribution in [3.63, 3.8) is 0 Å². The summed E-state index contributed by atoms with van der Waals surface area (Å²) in [7, 11) is 3.06. The number of nitrogens with one attached hydrogen (secondary N) is 4. The molecule has 4 N–H and O–H groups in total. The van der Waals surface area contributed by atoms with E-state index in [4.69, 9.17) is 0 Å². The van der Waals surface area contributed by atoms with E-state index in [0.29, 0.717) is 19.4 Å². The third-order valence-corrected chi connectivity index (χ3v) is 10.8. The van der Waals surface area contributed by atoms with E-state index in [1.54, 1.807) is 51.1 Å². The molecule has 1 aromatic carbocycles. The number of benzene rings is 1. The number of piperidine rings is 1. The fraction of sp³-hybridized carbons (Fsp3) is 0.658. The van der Waals surface area contributed by atoms with Gasteiger partial charge in [0.25, 0.3) is 5.91 Å². The van der Waals surface area contributed by atoms with Crippen LogP contribution >= 0.6 is 0 Å². The second-order valence-electron chi connectivity index (χ2n) is 17.2. The highest BCUT2D eigenvalue weighted by atomic mass is 19.4. The largest absolute Gasteiger partial charge is 0.434 e. The predicted octanol–water partition coefficient (Wildman–Crippen LogP) is 2.87. The lowest BCUT2D eigenvalue weighted by Gasteiger charge is -2.38. The Morgan fingerprint density at radius 3 is 2.05 bits per heavy atom. The van der Waals surface area contributed by atoms with Crippen molar-refractivity contribution in [2.24, 2.45) is 28.6 Å². The molecule has 14 nitrogen and oxygen atoms in total. The Morgan fingerprint density at radius 1 is 0.927 bits per heavy atom. The molecule has 4 rings (SSSR count). The minimum atomic E-state index is -4.88. The number of likely N-dealkylation sites (tertiary alicyclic amines) is 1. The van der Waals surface area contributed by atoms with Crippen LogP contribution in [0.3, 0.4) is 0 Å². The summed E-state index contributed by atoms with van der Waals surface area (Å²) in [5, 5.41) is 9.86. The van der Waals surface area contributed by atoms with Crippen molar-refractivity contribution >= 4 is 41.4 Å². The van der Waals surface area contributed by atoms with Crippen LogP contribution in [0, 0.1) is 28.6 Å². The fourth-order valence-corrected chi connectivity index (χ4v) is 7.05. The van der Waals surface area contributed by atoms with Crippen molar-refractivity contribution in [3.8, 4) is 0 Å². The molecule has 6 atom stereocenters. The van der Waals surface area contributed by atoms with Gasteiger partial charge in [-0.25, -0.2) is 4.79 Å². The first-order valence-electron chi connectivity index (χ1n) is 18.3. The third kappa shape index (κ3) is 9.95. The molecule has 17 heteroatoms. The first-order valence-corrected chi connectivity index (χ1v) is 18.3. The van der Waals surface area contributed by atoms with Gasteiger partial charge < -0.3 is 35.8 Å². The van der Waals surface area contributed by atoms with Gasteiger partial charge in [0.2, 0.25) is 35.0 Å². The van der Waals surface area contributed by atoms with Gasteiger partial charge in [-0.2, -0.15) is 13.2 Å². The van der Waals surface area contributed by atoms with Gasteiger partial charge in [-0.3, -0.25) is 28.8 Å². The number of Topliss-reactive ketones (excluding diaryl/α,β-unsaturated/α-hetero) is 1. The molecule has 1 aromatic rings. The van der Waals surface area contributed by atoms with Gasteiger partial charge in [-0.15, -0.1) is 0 Å². The number of fused-ring (bicyclic) bond motifs is 1. The predicted molar refractivity (Wildman–Crippen MR) is 193 cm³/mol. The normalized spacial score (nSPS) is 21.9. The van der Waals surface area contributed by atoms with Gasteiger partial charge in [0.05, 0.1) is 12.6 Å². The number of amides is 6. The molecule has 1 heterocycles. The minimum absolute atomic E-state index is 0.0573. The van der Waals surface area contributed by atoms with E-state index >= 15 is 0 Å². The quantitative estimate of drug-likeness (QED) is 0.208. The molecule has 304 valence electrons. The maximum atomic E-state index is 14.2. The molecule has 3 fully saturated rings. The lowest BCUT2D eigenvalue weighted by molar-refractivity contribution is -0.244. The maximum absolute atomic E-state index is 14.2. The summed E-state index contributed by atoms with van der Waals surface area (Å²) in [6.45, 7) is 9.51. The fourth-order valence-electron chi connectivity index (χ4n) is 7.05. The van der Waals surface area contributed by atoms with Crippen LogP contribution in [0.25, 0.3) is 0 Å². The molecule has 1 aliphatic heterocycles. The Bertz CT molecular complexity index is 1670. The molecule has 2 saturated carbocycles. The van der Waals surface area contributed by atoms with Crippen LogP contribution in [0.5, 0.6) is 0 Å². The number of halogens is 3. The summed E-state index contributed by atoms with van der Waals surface area (Å²) in [5.74, 6) is -5.09. The summed E-state index contributed by atoms with van der Waals surface area (Å²) < 4.78 is 45.0. The zero-order valence-corrected chi connectivity index (χ0v) is 32.8. The third-order valence-electron chi connectivity index (χ3n) is 10.8. The van der Waals surface area contributed by atoms with Crippen molar-refractivity contribution in [1.82, 2.24) is 31.1 Å². The lowest BCUT2D eigenvalue weighted by Crippen LogP contribution is -2.61. The Balaban J connectivity index is 1.47. The number of nitrogens with zero attached hydrogens (tertiary/aromatic N) is 2. The van der Waals surface area contributed by atoms with E-state index in [1.807, 2.05) is 13.8 Å². The molecule has 2 aliphatic carbocycles. The average Bonchev–Trinajstić information content (AvgIpc) is 3.93. The number of hydrogen-bond acceptors (Lipinski definition) is 8. The van der Waals surface area contributed by atoms with E-state index in [-0.39, 0.29) is 36.1 Å². The Kier molecular flexibility index (Phi) is 12.4. The number of rotatable bonds is 14. The van der Waals surface area contributed by atoms with Gasteiger partial charge in [-0.1, -0.05) is 77.8 Å². The van der Waals surface area contributed by atoms with E-state index in [2.05, 4.69) is 26.0 Å². The van der Waals surface area contributed by atoms with Crippen LogP contribution in [0.15, 0.2) is 30.3 Å². The molecule has 1 saturated heterocycles. The number of carbonyl (C=O) groups is 7. The standard InChI is InChI=1S/C38H53F3N6O8/c1-35(2,3)29(45-34(54)55-37(6,7)38(39,40)41)33(53)47-19-22-25(36(22,4)5)27(47)30(50)43-23(17-20-15-16-20)28(49)31(51)42-18-24(48)44-26(32(52)46(8)9)21-13-11-10-12-14-21/h10-14,20,22-23,25-27,29H,15-19H2,1-9H3,(H,42,51)(H,43,50)(H,44,48)(H,45,54)/t22-,23?,25?,26-,27?,29?/m0/s1. The Labute approximate surface area is 319 Å². The Morgan fingerprint density at radius 2 is 1.53 bits per heavy atom. The van der Waals surface area contributed by atoms with Crippen LogP contribution in [0.4, 0.5) is 18.0 Å². The van der Waals surface area contributed by atoms with Crippen LogP contribution in [-0.4, -0.2) is 108 Å². The number of alkyl carbamates (subject to hydrolysis) is 1. The highest BCUT2D eigenvalue weighted by molar-refractivity contribution is 6.38. The second kappa shape index (κ2) is 15.8. The summed E-state index contributed by atoms with van der Waals surface area (Å²) in [6, 6.07) is 3.65. The van der Waals surface area contributed by atoms with Crippen molar-refractivity contribution in [1.29, 1.82) is 0 Å². The van der Waals surface area contributed by atoms with E-state index in [0.717, 1.165) is 12.8 Å². The molecule has 3 aliphatic rings. The van der Waals surface area contributed by atoms with Crippen molar-refractivity contribution in [3.05, 3.63) is 35.9 Å². The molecule has 0 spiro atoms. The van der Waals surface area contributed by atoms with Crippen molar-refractivity contribution in [2.75, 3.05) is 27.2 Å². The zero-order chi connectivity index (χ0) is 41.4. The van der Waals surface area contributed by atoms with Gasteiger partial charge in [0, 0.05) is 20.6 Å². The van der Waals surface area contributed by atoms with Crippen LogP contribution < -0.4 is 21.3 Å². The second-order valence-corrected chi connectivity index (χ2v) is 17.2. The van der Waals surface area contributed by atoms with Crippen LogP contribution in [-0.2, 0) is 33.5 Å². The number of ketones is 1. The lowest BCUT2D eigenvalue weighted by atomic mass is 9.85. The maximum Gasteiger partial charge on any atom is 0.427 e. The van der Waals surface area contributed by atoms with Gasteiger partial charge >= 0.3 is 12.3 Å². The summed E-state index contributed by atoms with van der Waals surface area (Å²) in [5.41, 5.74) is -3.73. The topological polar surface area (TPSA) is 183 Å². The number of hydrogen-bond donors (Lipinski definition) is 4. The molecule has 4 unspecified atom stereocenters. The first kappa shape index (κ1) is 43.0. The van der Waals surface area contributed by atoms with Gasteiger partial charge in [-0.05, 0) is 54.4 Å². The highest BCUT2D eigenvalue weighted by Crippen LogP contribution is 2.65. The average molecular weight is 779 g/mol. The number of ether oxygens (including phenoxy) is 1. The SMILES string of the molecule is CN(C)C(=O)[C@@H](NC(=O)CNC(=O)C(=O)C(CC1CC1)NC(=O)C1C2[C@H](CN1C(=O)C(NC(=O)OC(C)(C)C(F)(F)F)C(C)(C)C)C2(C)C)c1ccccc1. The van der Waals surface area contributed by atoms with E-state index in [9.17, 15) is 46.7 Å². The monoisotopic (exact) mass is 778 g/mol. The zero-order valence-electron chi connectivity index (χ0n) is 32.8. The molecular weight excluding hydrogens is 725 g/mol. The van der Waals surface area contributed by atoms with Crippen molar-refractivity contribution in [2.45, 2.75) is 104 Å². The summed E-state index contributed by atoms with van der Waals surface area (Å²) >= 11 is 0. The van der Waals surface area contributed by atoms with Crippen molar-refractivity contribution < 1.29 is 51.5 Å². The van der Waals surface area contributed by atoms with Gasteiger partial charge in [0.1, 0.15) is 18.1 Å². The van der Waals surface area contributed by atoms with E-state index < -0.39 is 89.3 Å². The molecule has 0 bridgehead atoms. The van der Waals surface area contributed by atoms with Gasteiger partial charge in [0.15, 0.2) is 0 Å². The minimum Gasteiger partial charge on any atom is -0.434 e. The molecule has 6 amide bonds.